The normalized spacial score (nSPS) is 12.3. The number of anilines is 1. The molecule has 0 aromatic carbocycles. The number of likely N-dealkylation sites (N-methyl/N-ethyl adjacent to an activating group) is 1. The Bertz CT molecular complexity index is 302. The maximum Gasteiger partial charge on any atom is 0.215 e. The minimum atomic E-state index is 0.132. The lowest BCUT2D eigenvalue weighted by atomic mass is 10.3. The highest BCUT2D eigenvalue weighted by molar-refractivity contribution is 5.39. The molecule has 1 heterocycles. The Hall–Kier alpha value is -1.29. The van der Waals surface area contributed by atoms with Crippen LogP contribution in [-0.4, -0.2) is 31.2 Å². The molecule has 0 fully saturated rings. The fourth-order valence-electron chi connectivity index (χ4n) is 1.37. The zero-order valence-corrected chi connectivity index (χ0v) is 9.60. The molecule has 0 amide bonds. The quantitative estimate of drug-likeness (QED) is 0.793. The second kappa shape index (κ2) is 5.56. The zero-order chi connectivity index (χ0) is 11.3. The van der Waals surface area contributed by atoms with Crippen LogP contribution in [-0.2, 0) is 0 Å². The fraction of sp³-hybridized carbons (Fsp3) is 0.545. The molecule has 1 aromatic heterocycles. The number of aromatic nitrogens is 1. The largest absolute Gasteiger partial charge is 0.478 e. The average molecular weight is 209 g/mol. The summed E-state index contributed by atoms with van der Waals surface area (Å²) >= 11 is 0. The summed E-state index contributed by atoms with van der Waals surface area (Å²) in [6.07, 6.45) is 0. The molecule has 0 aliphatic heterocycles. The second-order valence-corrected chi connectivity index (χ2v) is 3.62. The molecule has 0 spiro atoms. The Morgan fingerprint density at radius 1 is 1.53 bits per heavy atom. The van der Waals surface area contributed by atoms with Crippen LogP contribution in [0, 0.1) is 0 Å². The molecule has 0 aliphatic carbocycles. The third-order valence-corrected chi connectivity index (χ3v) is 1.95. The molecule has 15 heavy (non-hydrogen) atoms. The van der Waals surface area contributed by atoms with E-state index in [0.717, 1.165) is 12.4 Å². The van der Waals surface area contributed by atoms with Crippen molar-refractivity contribution in [1.29, 1.82) is 0 Å². The predicted octanol–water partition coefficient (Wildman–Crippen LogP) is 1.26. The molecule has 0 saturated heterocycles. The molecule has 0 aliphatic rings. The third kappa shape index (κ3) is 3.75. The first-order valence-corrected chi connectivity index (χ1v) is 5.20. The minimum absolute atomic E-state index is 0.132. The summed E-state index contributed by atoms with van der Waals surface area (Å²) < 4.78 is 5.33. The molecule has 0 radical (unpaired) electrons. The van der Waals surface area contributed by atoms with E-state index in [1.54, 1.807) is 0 Å². The van der Waals surface area contributed by atoms with E-state index in [0.29, 0.717) is 12.5 Å². The molecule has 2 N–H and O–H groups in total. The van der Waals surface area contributed by atoms with Crippen molar-refractivity contribution in [3.05, 3.63) is 18.2 Å². The molecule has 4 heteroatoms. The van der Waals surface area contributed by atoms with Gasteiger partial charge in [-0.15, -0.1) is 0 Å². The van der Waals surface area contributed by atoms with Gasteiger partial charge >= 0.3 is 0 Å². The summed E-state index contributed by atoms with van der Waals surface area (Å²) in [7, 11) is 1.97. The van der Waals surface area contributed by atoms with Crippen LogP contribution in [0.15, 0.2) is 18.2 Å². The summed E-state index contributed by atoms with van der Waals surface area (Å²) in [6, 6.07) is 5.87. The van der Waals surface area contributed by atoms with Crippen LogP contribution in [0.4, 0.5) is 5.82 Å². The van der Waals surface area contributed by atoms with Crippen molar-refractivity contribution in [3.8, 4) is 5.88 Å². The Labute approximate surface area is 91.1 Å². The number of nitrogens with two attached hydrogens (primary N) is 1. The SMILES string of the molecule is CCOc1cccc(N(C)CC(C)N)n1. The van der Waals surface area contributed by atoms with Crippen LogP contribution in [0.2, 0.25) is 0 Å². The summed E-state index contributed by atoms with van der Waals surface area (Å²) in [5, 5.41) is 0. The molecule has 84 valence electrons. The van der Waals surface area contributed by atoms with Gasteiger partial charge in [0.15, 0.2) is 0 Å². The van der Waals surface area contributed by atoms with Crippen LogP contribution in [0.5, 0.6) is 5.88 Å². The van der Waals surface area contributed by atoms with Gasteiger partial charge in [0.2, 0.25) is 5.88 Å². The lowest BCUT2D eigenvalue weighted by molar-refractivity contribution is 0.327. The average Bonchev–Trinajstić information content (AvgIpc) is 2.17. The Balaban J connectivity index is 2.71. The highest BCUT2D eigenvalue weighted by atomic mass is 16.5. The van der Waals surface area contributed by atoms with Crippen molar-refractivity contribution in [1.82, 2.24) is 4.98 Å². The van der Waals surface area contributed by atoms with E-state index in [4.69, 9.17) is 10.5 Å². The second-order valence-electron chi connectivity index (χ2n) is 3.62. The van der Waals surface area contributed by atoms with Gasteiger partial charge in [0.25, 0.3) is 0 Å². The molecule has 1 atom stereocenters. The van der Waals surface area contributed by atoms with Gasteiger partial charge in [-0.25, -0.2) is 0 Å². The van der Waals surface area contributed by atoms with E-state index in [1.807, 2.05) is 44.0 Å². The van der Waals surface area contributed by atoms with Crippen LogP contribution < -0.4 is 15.4 Å². The first-order valence-electron chi connectivity index (χ1n) is 5.20. The topological polar surface area (TPSA) is 51.4 Å². The van der Waals surface area contributed by atoms with Gasteiger partial charge in [-0.3, -0.25) is 0 Å². The van der Waals surface area contributed by atoms with Crippen molar-refractivity contribution >= 4 is 5.82 Å². The number of rotatable bonds is 5. The van der Waals surface area contributed by atoms with E-state index in [1.165, 1.54) is 0 Å². The fourth-order valence-corrected chi connectivity index (χ4v) is 1.37. The standard InChI is InChI=1S/C11H19N3O/c1-4-15-11-7-5-6-10(13-11)14(3)8-9(2)12/h5-7,9H,4,8,12H2,1-3H3. The maximum atomic E-state index is 5.73. The van der Waals surface area contributed by atoms with Crippen molar-refractivity contribution in [2.45, 2.75) is 19.9 Å². The first kappa shape index (κ1) is 11.8. The van der Waals surface area contributed by atoms with E-state index in [2.05, 4.69) is 4.98 Å². The van der Waals surface area contributed by atoms with Crippen LogP contribution >= 0.6 is 0 Å². The predicted molar refractivity (Wildman–Crippen MR) is 62.3 cm³/mol. The molecular weight excluding hydrogens is 190 g/mol. The van der Waals surface area contributed by atoms with Crippen LogP contribution in [0.25, 0.3) is 0 Å². The molecule has 0 bridgehead atoms. The van der Waals surface area contributed by atoms with E-state index >= 15 is 0 Å². The Morgan fingerprint density at radius 3 is 2.87 bits per heavy atom. The van der Waals surface area contributed by atoms with Crippen molar-refractivity contribution in [3.63, 3.8) is 0 Å². The van der Waals surface area contributed by atoms with Crippen molar-refractivity contribution in [2.75, 3.05) is 25.1 Å². The number of ether oxygens (including phenoxy) is 1. The first-order chi connectivity index (χ1) is 7.13. The minimum Gasteiger partial charge on any atom is -0.478 e. The van der Waals surface area contributed by atoms with E-state index < -0.39 is 0 Å². The van der Waals surface area contributed by atoms with E-state index in [9.17, 15) is 0 Å². The Kier molecular flexibility index (Phi) is 4.37. The lowest BCUT2D eigenvalue weighted by Crippen LogP contribution is -2.33. The molecule has 1 unspecified atom stereocenters. The maximum absolute atomic E-state index is 5.73. The highest BCUT2D eigenvalue weighted by Gasteiger charge is 2.05. The van der Waals surface area contributed by atoms with Crippen LogP contribution in [0.3, 0.4) is 0 Å². The summed E-state index contributed by atoms with van der Waals surface area (Å²) in [4.78, 5) is 6.38. The van der Waals surface area contributed by atoms with Crippen molar-refractivity contribution in [2.24, 2.45) is 5.73 Å². The lowest BCUT2D eigenvalue weighted by Gasteiger charge is -2.20. The molecule has 4 nitrogen and oxygen atoms in total. The third-order valence-electron chi connectivity index (χ3n) is 1.95. The van der Waals surface area contributed by atoms with Gasteiger partial charge in [-0.1, -0.05) is 6.07 Å². The number of hydrogen-bond acceptors (Lipinski definition) is 4. The summed E-state index contributed by atoms with van der Waals surface area (Å²) in [5.74, 6) is 1.55. The zero-order valence-electron chi connectivity index (χ0n) is 9.60. The van der Waals surface area contributed by atoms with Crippen molar-refractivity contribution < 1.29 is 4.74 Å². The Morgan fingerprint density at radius 2 is 2.27 bits per heavy atom. The molecule has 1 rings (SSSR count). The van der Waals surface area contributed by atoms with E-state index in [-0.39, 0.29) is 6.04 Å². The van der Waals surface area contributed by atoms with Gasteiger partial charge in [0, 0.05) is 25.7 Å². The summed E-state index contributed by atoms with van der Waals surface area (Å²) in [5.41, 5.74) is 5.73. The summed E-state index contributed by atoms with van der Waals surface area (Å²) in [6.45, 7) is 5.33. The molecule has 1 aromatic rings. The van der Waals surface area contributed by atoms with Gasteiger partial charge in [0.1, 0.15) is 5.82 Å². The monoisotopic (exact) mass is 209 g/mol. The van der Waals surface area contributed by atoms with Gasteiger partial charge in [-0.2, -0.15) is 4.98 Å². The smallest absolute Gasteiger partial charge is 0.215 e. The number of nitrogens with zero attached hydrogens (tertiary/aromatic N) is 2. The van der Waals surface area contributed by atoms with Gasteiger partial charge in [-0.05, 0) is 19.9 Å². The molecular formula is C11H19N3O. The molecule has 0 saturated carbocycles. The number of hydrogen-bond donors (Lipinski definition) is 1. The van der Waals surface area contributed by atoms with Crippen LogP contribution in [0.1, 0.15) is 13.8 Å². The van der Waals surface area contributed by atoms with Gasteiger partial charge in [0.05, 0.1) is 6.61 Å². The number of pyridine rings is 1. The van der Waals surface area contributed by atoms with Gasteiger partial charge < -0.3 is 15.4 Å². The highest BCUT2D eigenvalue weighted by Crippen LogP contribution is 2.14.